The summed E-state index contributed by atoms with van der Waals surface area (Å²) in [6.45, 7) is 0.796. The van der Waals surface area contributed by atoms with Gasteiger partial charge in [0.05, 0.1) is 5.92 Å². The molecule has 1 aliphatic rings. The van der Waals surface area contributed by atoms with Crippen molar-refractivity contribution in [3.8, 4) is 0 Å². The first kappa shape index (κ1) is 13.9. The molecule has 0 bridgehead atoms. The molecule has 1 aliphatic carbocycles. The summed E-state index contributed by atoms with van der Waals surface area (Å²) in [6, 6.07) is 10.7. The second-order valence-corrected chi connectivity index (χ2v) is 5.37. The summed E-state index contributed by atoms with van der Waals surface area (Å²) in [7, 11) is 2.14. The standard InChI is InChI=1S/C15H23N3O/c1-18(13-9-5-6-10-13)11-14(15(16)17-19)12-7-3-2-4-8-12/h2-4,7-8,13-14,19H,5-6,9-11H2,1H3,(H2,16,17). The van der Waals surface area contributed by atoms with Crippen LogP contribution in [0.25, 0.3) is 0 Å². The van der Waals surface area contributed by atoms with Crippen molar-refractivity contribution in [2.24, 2.45) is 10.9 Å². The molecule has 1 unspecified atom stereocenters. The van der Waals surface area contributed by atoms with Gasteiger partial charge in [0.25, 0.3) is 0 Å². The number of hydrogen-bond acceptors (Lipinski definition) is 3. The van der Waals surface area contributed by atoms with Gasteiger partial charge in [-0.1, -0.05) is 48.3 Å². The molecule has 1 fully saturated rings. The molecule has 4 nitrogen and oxygen atoms in total. The number of oxime groups is 1. The Balaban J connectivity index is 2.10. The number of amidine groups is 1. The van der Waals surface area contributed by atoms with E-state index in [1.807, 2.05) is 30.3 Å². The summed E-state index contributed by atoms with van der Waals surface area (Å²) in [5.74, 6) is 0.243. The van der Waals surface area contributed by atoms with E-state index in [0.717, 1.165) is 12.1 Å². The van der Waals surface area contributed by atoms with Crippen LogP contribution in [0.1, 0.15) is 37.2 Å². The van der Waals surface area contributed by atoms with Crippen LogP contribution in [0.4, 0.5) is 0 Å². The minimum absolute atomic E-state index is 0.0446. The molecular weight excluding hydrogens is 238 g/mol. The summed E-state index contributed by atoms with van der Waals surface area (Å²) in [5.41, 5.74) is 6.97. The van der Waals surface area contributed by atoms with Crippen LogP contribution >= 0.6 is 0 Å². The van der Waals surface area contributed by atoms with Gasteiger partial charge in [-0.05, 0) is 25.5 Å². The maximum absolute atomic E-state index is 8.99. The van der Waals surface area contributed by atoms with Crippen LogP contribution in [0.15, 0.2) is 35.5 Å². The highest BCUT2D eigenvalue weighted by Gasteiger charge is 2.24. The molecule has 1 aromatic rings. The van der Waals surface area contributed by atoms with Crippen LogP contribution in [0.3, 0.4) is 0 Å². The summed E-state index contributed by atoms with van der Waals surface area (Å²) >= 11 is 0. The summed E-state index contributed by atoms with van der Waals surface area (Å²) < 4.78 is 0. The van der Waals surface area contributed by atoms with Crippen molar-refractivity contribution in [3.05, 3.63) is 35.9 Å². The van der Waals surface area contributed by atoms with E-state index in [0.29, 0.717) is 6.04 Å². The highest BCUT2D eigenvalue weighted by molar-refractivity contribution is 5.87. The Morgan fingerprint density at radius 2 is 2.00 bits per heavy atom. The zero-order valence-electron chi connectivity index (χ0n) is 11.5. The average Bonchev–Trinajstić information content (AvgIpc) is 2.99. The molecule has 0 spiro atoms. The fourth-order valence-corrected chi connectivity index (χ4v) is 2.91. The Bertz CT molecular complexity index is 413. The Hall–Kier alpha value is -1.55. The third-order valence-electron chi connectivity index (χ3n) is 4.09. The first-order valence-corrected chi connectivity index (χ1v) is 6.95. The van der Waals surface area contributed by atoms with Crippen LogP contribution in [0.2, 0.25) is 0 Å². The molecular formula is C15H23N3O. The lowest BCUT2D eigenvalue weighted by molar-refractivity contribution is 0.240. The maximum atomic E-state index is 8.99. The van der Waals surface area contributed by atoms with Crippen molar-refractivity contribution in [1.82, 2.24) is 4.90 Å². The minimum atomic E-state index is -0.0446. The number of nitrogens with zero attached hydrogens (tertiary/aromatic N) is 2. The van der Waals surface area contributed by atoms with Crippen molar-refractivity contribution < 1.29 is 5.21 Å². The van der Waals surface area contributed by atoms with Crippen LogP contribution in [-0.4, -0.2) is 35.6 Å². The Morgan fingerprint density at radius 3 is 2.58 bits per heavy atom. The van der Waals surface area contributed by atoms with Gasteiger partial charge in [0.2, 0.25) is 0 Å². The molecule has 1 atom stereocenters. The molecule has 0 aliphatic heterocycles. The quantitative estimate of drug-likeness (QED) is 0.370. The molecule has 0 aromatic heterocycles. The zero-order chi connectivity index (χ0) is 13.7. The van der Waals surface area contributed by atoms with E-state index < -0.39 is 0 Å². The second kappa shape index (κ2) is 6.57. The smallest absolute Gasteiger partial charge is 0.147 e. The van der Waals surface area contributed by atoms with Gasteiger partial charge in [-0.15, -0.1) is 0 Å². The highest BCUT2D eigenvalue weighted by Crippen LogP contribution is 2.25. The van der Waals surface area contributed by atoms with E-state index in [-0.39, 0.29) is 11.8 Å². The van der Waals surface area contributed by atoms with E-state index in [1.165, 1.54) is 25.7 Å². The number of benzene rings is 1. The normalized spacial score (nSPS) is 18.9. The molecule has 0 radical (unpaired) electrons. The monoisotopic (exact) mass is 261 g/mol. The first-order valence-electron chi connectivity index (χ1n) is 6.95. The third-order valence-corrected chi connectivity index (χ3v) is 4.09. The molecule has 0 heterocycles. The van der Waals surface area contributed by atoms with Crippen molar-refractivity contribution >= 4 is 5.84 Å². The number of hydrogen-bond donors (Lipinski definition) is 2. The molecule has 0 amide bonds. The number of likely N-dealkylation sites (N-methyl/N-ethyl adjacent to an activating group) is 1. The molecule has 3 N–H and O–H groups in total. The van der Waals surface area contributed by atoms with Gasteiger partial charge in [-0.2, -0.15) is 0 Å². The SMILES string of the molecule is CN(CC(C(N)=NO)c1ccccc1)C1CCCC1. The summed E-state index contributed by atoms with van der Waals surface area (Å²) in [4.78, 5) is 2.35. The predicted octanol–water partition coefficient (Wildman–Crippen LogP) is 2.39. The fraction of sp³-hybridized carbons (Fsp3) is 0.533. The van der Waals surface area contributed by atoms with Gasteiger partial charge < -0.3 is 15.8 Å². The van der Waals surface area contributed by atoms with Crippen molar-refractivity contribution in [3.63, 3.8) is 0 Å². The maximum Gasteiger partial charge on any atom is 0.147 e. The average molecular weight is 261 g/mol. The lowest BCUT2D eigenvalue weighted by Gasteiger charge is -2.28. The molecule has 1 aromatic carbocycles. The number of rotatable bonds is 5. The van der Waals surface area contributed by atoms with Gasteiger partial charge in [-0.3, -0.25) is 0 Å². The minimum Gasteiger partial charge on any atom is -0.409 e. The van der Waals surface area contributed by atoms with E-state index in [4.69, 9.17) is 10.9 Å². The molecule has 104 valence electrons. The van der Waals surface area contributed by atoms with Crippen molar-refractivity contribution in [2.45, 2.75) is 37.6 Å². The summed E-state index contributed by atoms with van der Waals surface area (Å²) in [6.07, 6.45) is 5.14. The molecule has 0 saturated heterocycles. The lowest BCUT2D eigenvalue weighted by atomic mass is 9.97. The molecule has 4 heteroatoms. The van der Waals surface area contributed by atoms with E-state index in [1.54, 1.807) is 0 Å². The van der Waals surface area contributed by atoms with Gasteiger partial charge in [-0.25, -0.2) is 0 Å². The largest absolute Gasteiger partial charge is 0.409 e. The lowest BCUT2D eigenvalue weighted by Crippen LogP contribution is -2.37. The highest BCUT2D eigenvalue weighted by atomic mass is 16.4. The molecule has 2 rings (SSSR count). The fourth-order valence-electron chi connectivity index (χ4n) is 2.91. The second-order valence-electron chi connectivity index (χ2n) is 5.37. The Morgan fingerprint density at radius 1 is 1.37 bits per heavy atom. The van der Waals surface area contributed by atoms with Gasteiger partial charge >= 0.3 is 0 Å². The predicted molar refractivity (Wildman–Crippen MR) is 77.5 cm³/mol. The Labute approximate surface area is 114 Å². The molecule has 1 saturated carbocycles. The van der Waals surface area contributed by atoms with Gasteiger partial charge in [0.1, 0.15) is 5.84 Å². The van der Waals surface area contributed by atoms with Crippen molar-refractivity contribution in [1.29, 1.82) is 0 Å². The molecule has 19 heavy (non-hydrogen) atoms. The Kier molecular flexibility index (Phi) is 4.80. The third kappa shape index (κ3) is 3.47. The van der Waals surface area contributed by atoms with Crippen LogP contribution in [-0.2, 0) is 0 Å². The van der Waals surface area contributed by atoms with Gasteiger partial charge in [0.15, 0.2) is 0 Å². The topological polar surface area (TPSA) is 61.8 Å². The summed E-state index contributed by atoms with van der Waals surface area (Å²) in [5, 5.41) is 12.2. The van der Waals surface area contributed by atoms with Gasteiger partial charge in [0, 0.05) is 12.6 Å². The van der Waals surface area contributed by atoms with E-state index in [9.17, 15) is 0 Å². The first-order chi connectivity index (χ1) is 9.22. The van der Waals surface area contributed by atoms with Crippen LogP contribution in [0, 0.1) is 0 Å². The van der Waals surface area contributed by atoms with Crippen molar-refractivity contribution in [2.75, 3.05) is 13.6 Å². The number of nitrogens with two attached hydrogens (primary N) is 1. The van der Waals surface area contributed by atoms with E-state index >= 15 is 0 Å². The van der Waals surface area contributed by atoms with Crippen LogP contribution < -0.4 is 5.73 Å². The zero-order valence-corrected chi connectivity index (χ0v) is 11.5. The van der Waals surface area contributed by atoms with Crippen LogP contribution in [0.5, 0.6) is 0 Å². The van der Waals surface area contributed by atoms with E-state index in [2.05, 4.69) is 17.1 Å².